The van der Waals surface area contributed by atoms with E-state index in [0.717, 1.165) is 0 Å². The molecule has 0 aliphatic heterocycles. The first-order chi connectivity index (χ1) is 11.8. The molecule has 7 heteroatoms. The number of rotatable bonds is 10. The molecule has 0 aliphatic rings. The number of allylic oxidation sites excluding steroid dienone is 1. The van der Waals surface area contributed by atoms with Crippen molar-refractivity contribution in [1.82, 2.24) is 0 Å². The average molecular weight is 349 g/mol. The number of carboxylic acid groups (broad SMARTS) is 1. The van der Waals surface area contributed by atoms with Crippen molar-refractivity contribution >= 4 is 11.9 Å². The zero-order chi connectivity index (χ0) is 19.0. The van der Waals surface area contributed by atoms with E-state index < -0.39 is 40.8 Å². The Labute approximate surface area is 146 Å². The summed E-state index contributed by atoms with van der Waals surface area (Å²) in [5, 5.41) is 21.1. The number of carboxylic acids is 1. The van der Waals surface area contributed by atoms with Crippen LogP contribution in [0.5, 0.6) is 0 Å². The molecule has 0 amide bonds. The summed E-state index contributed by atoms with van der Waals surface area (Å²) >= 11 is 0. The molecule has 0 spiro atoms. The first-order valence-corrected chi connectivity index (χ1v) is 8.01. The van der Waals surface area contributed by atoms with Crippen LogP contribution in [0.4, 0.5) is 0 Å². The molecule has 0 fully saturated rings. The monoisotopic (exact) mass is 349 g/mol. The van der Waals surface area contributed by atoms with E-state index in [9.17, 15) is 24.8 Å². The van der Waals surface area contributed by atoms with Crippen LogP contribution in [0.3, 0.4) is 0 Å². The van der Waals surface area contributed by atoms with Crippen LogP contribution in [0.1, 0.15) is 38.2 Å². The normalized spacial score (nSPS) is 15.4. The van der Waals surface area contributed by atoms with E-state index in [0.29, 0.717) is 12.0 Å². The second-order valence-electron chi connectivity index (χ2n) is 5.87. The van der Waals surface area contributed by atoms with Crippen LogP contribution in [-0.2, 0) is 14.3 Å². The standard InChI is InChI=1S/C18H23NO6/c1-4-11-18(16(20)21,17(22)25-13(3)5-2)15(12-19(23)24)14-9-7-6-8-10-14/h4,6-10,13,15H,1,5,11-12H2,2-3H3,(H,20,21). The summed E-state index contributed by atoms with van der Waals surface area (Å²) < 4.78 is 5.27. The molecule has 0 aromatic heterocycles. The molecule has 1 rings (SSSR count). The highest BCUT2D eigenvalue weighted by Crippen LogP contribution is 2.42. The van der Waals surface area contributed by atoms with Crippen LogP contribution in [-0.4, -0.2) is 34.6 Å². The number of ether oxygens (including phenoxy) is 1. The van der Waals surface area contributed by atoms with Gasteiger partial charge in [-0.3, -0.25) is 19.7 Å². The summed E-state index contributed by atoms with van der Waals surface area (Å²) in [4.78, 5) is 35.5. The second kappa shape index (κ2) is 8.96. The second-order valence-corrected chi connectivity index (χ2v) is 5.87. The van der Waals surface area contributed by atoms with Crippen LogP contribution in [0, 0.1) is 15.5 Å². The molecule has 0 heterocycles. The lowest BCUT2D eigenvalue weighted by Gasteiger charge is -2.33. The summed E-state index contributed by atoms with van der Waals surface area (Å²) in [5.74, 6) is -3.63. The molecule has 1 aromatic carbocycles. The number of aliphatic carboxylic acids is 1. The smallest absolute Gasteiger partial charge is 0.324 e. The van der Waals surface area contributed by atoms with E-state index in [1.165, 1.54) is 6.08 Å². The Morgan fingerprint density at radius 1 is 1.40 bits per heavy atom. The number of nitro groups is 1. The lowest BCUT2D eigenvalue weighted by Crippen LogP contribution is -2.48. The van der Waals surface area contributed by atoms with Crippen molar-refractivity contribution in [2.45, 2.75) is 38.7 Å². The lowest BCUT2D eigenvalue weighted by atomic mass is 9.69. The molecular formula is C18H23NO6. The summed E-state index contributed by atoms with van der Waals surface area (Å²) in [6.07, 6.45) is 1.01. The predicted molar refractivity (Wildman–Crippen MR) is 91.8 cm³/mol. The van der Waals surface area contributed by atoms with E-state index in [2.05, 4.69) is 6.58 Å². The van der Waals surface area contributed by atoms with E-state index >= 15 is 0 Å². The third-order valence-corrected chi connectivity index (χ3v) is 4.22. The van der Waals surface area contributed by atoms with Crippen LogP contribution in [0.25, 0.3) is 0 Å². The lowest BCUT2D eigenvalue weighted by molar-refractivity contribution is -0.485. The van der Waals surface area contributed by atoms with Crippen molar-refractivity contribution in [3.63, 3.8) is 0 Å². The highest BCUT2D eigenvalue weighted by Gasteiger charge is 2.56. The fourth-order valence-corrected chi connectivity index (χ4v) is 2.67. The van der Waals surface area contributed by atoms with Gasteiger partial charge in [0.25, 0.3) is 0 Å². The zero-order valence-electron chi connectivity index (χ0n) is 14.4. The first kappa shape index (κ1) is 20.3. The maximum absolute atomic E-state index is 12.8. The summed E-state index contributed by atoms with van der Waals surface area (Å²) in [6.45, 7) is 6.25. The van der Waals surface area contributed by atoms with E-state index in [1.54, 1.807) is 44.2 Å². The minimum atomic E-state index is -2.11. The van der Waals surface area contributed by atoms with Gasteiger partial charge < -0.3 is 9.84 Å². The molecule has 0 saturated carbocycles. The number of benzene rings is 1. The van der Waals surface area contributed by atoms with Gasteiger partial charge >= 0.3 is 11.9 Å². The highest BCUT2D eigenvalue weighted by atomic mass is 16.6. The summed E-state index contributed by atoms with van der Waals surface area (Å²) in [6, 6.07) is 8.14. The van der Waals surface area contributed by atoms with Crippen molar-refractivity contribution in [3.8, 4) is 0 Å². The molecule has 1 aromatic rings. The maximum Gasteiger partial charge on any atom is 0.324 e. The fourth-order valence-electron chi connectivity index (χ4n) is 2.67. The molecular weight excluding hydrogens is 326 g/mol. The zero-order valence-corrected chi connectivity index (χ0v) is 14.4. The number of carbonyl (C=O) groups is 2. The number of hydrogen-bond donors (Lipinski definition) is 1. The van der Waals surface area contributed by atoms with Crippen LogP contribution < -0.4 is 0 Å². The van der Waals surface area contributed by atoms with Crippen molar-refractivity contribution in [2.75, 3.05) is 6.54 Å². The van der Waals surface area contributed by atoms with Gasteiger partial charge in [-0.15, -0.1) is 6.58 Å². The summed E-state index contributed by atoms with van der Waals surface area (Å²) in [5.41, 5.74) is -1.72. The third kappa shape index (κ3) is 4.65. The first-order valence-electron chi connectivity index (χ1n) is 8.01. The minimum Gasteiger partial charge on any atom is -0.480 e. The van der Waals surface area contributed by atoms with Crippen LogP contribution in [0.2, 0.25) is 0 Å². The maximum atomic E-state index is 12.8. The van der Waals surface area contributed by atoms with Gasteiger partial charge in [0, 0.05) is 4.92 Å². The van der Waals surface area contributed by atoms with E-state index in [1.807, 2.05) is 0 Å². The Morgan fingerprint density at radius 2 is 2.00 bits per heavy atom. The van der Waals surface area contributed by atoms with Gasteiger partial charge in [0.2, 0.25) is 6.54 Å². The van der Waals surface area contributed by atoms with Gasteiger partial charge in [0.15, 0.2) is 5.41 Å². The average Bonchev–Trinajstić information content (AvgIpc) is 2.57. The third-order valence-electron chi connectivity index (χ3n) is 4.22. The van der Waals surface area contributed by atoms with Gasteiger partial charge in [0.05, 0.1) is 12.0 Å². The van der Waals surface area contributed by atoms with Crippen LogP contribution in [0.15, 0.2) is 43.0 Å². The van der Waals surface area contributed by atoms with Gasteiger partial charge in [-0.25, -0.2) is 0 Å². The molecule has 3 atom stereocenters. The quantitative estimate of drug-likeness (QED) is 0.229. The van der Waals surface area contributed by atoms with Gasteiger partial charge in [0.1, 0.15) is 0 Å². The SMILES string of the molecule is C=CCC(C(=O)O)(C(=O)OC(C)CC)C(C[N+](=O)[O-])c1ccccc1. The van der Waals surface area contributed by atoms with Crippen molar-refractivity contribution in [3.05, 3.63) is 58.7 Å². The van der Waals surface area contributed by atoms with Gasteiger partial charge in [-0.05, 0) is 25.3 Å². The van der Waals surface area contributed by atoms with Crippen molar-refractivity contribution in [1.29, 1.82) is 0 Å². The number of hydrogen-bond acceptors (Lipinski definition) is 5. The van der Waals surface area contributed by atoms with Crippen LogP contribution >= 0.6 is 0 Å². The Kier molecular flexibility index (Phi) is 7.29. The largest absolute Gasteiger partial charge is 0.480 e. The molecule has 7 nitrogen and oxygen atoms in total. The predicted octanol–water partition coefficient (Wildman–Crippen LogP) is 3.04. The molecule has 0 bridgehead atoms. The Morgan fingerprint density at radius 3 is 2.44 bits per heavy atom. The molecule has 3 unspecified atom stereocenters. The molecule has 0 radical (unpaired) electrons. The molecule has 0 aliphatic carbocycles. The Hall–Kier alpha value is -2.70. The van der Waals surface area contributed by atoms with Crippen molar-refractivity contribution < 1.29 is 24.4 Å². The van der Waals surface area contributed by atoms with Gasteiger partial charge in [-0.1, -0.05) is 43.3 Å². The Balaban J connectivity index is 3.52. The van der Waals surface area contributed by atoms with E-state index in [4.69, 9.17) is 4.74 Å². The molecule has 1 N–H and O–H groups in total. The Bertz CT molecular complexity index is 630. The van der Waals surface area contributed by atoms with E-state index in [-0.39, 0.29) is 6.42 Å². The highest BCUT2D eigenvalue weighted by molar-refractivity contribution is 6.00. The number of carbonyl (C=O) groups excluding carboxylic acids is 1. The minimum absolute atomic E-state index is 0.273. The van der Waals surface area contributed by atoms with Gasteiger partial charge in [-0.2, -0.15) is 0 Å². The molecule has 136 valence electrons. The number of esters is 1. The van der Waals surface area contributed by atoms with Crippen molar-refractivity contribution in [2.24, 2.45) is 5.41 Å². The molecule has 25 heavy (non-hydrogen) atoms. The summed E-state index contributed by atoms with van der Waals surface area (Å²) in [7, 11) is 0. The fraction of sp³-hybridized carbons (Fsp3) is 0.444. The topological polar surface area (TPSA) is 107 Å². The number of nitrogens with zero attached hydrogens (tertiary/aromatic N) is 1. The molecule has 0 saturated heterocycles.